The Hall–Kier alpha value is -1.56. The molecular formula is C17H21Cl2N5. The maximum Gasteiger partial charge on any atom is 0.154 e. The first-order valence-electron chi connectivity index (χ1n) is 7.94. The summed E-state index contributed by atoms with van der Waals surface area (Å²) in [7, 11) is 1.82. The summed E-state index contributed by atoms with van der Waals surface area (Å²) in [6.07, 6.45) is 3.66. The molecule has 0 bridgehead atoms. The largest absolute Gasteiger partial charge is 0.371 e. The van der Waals surface area contributed by atoms with E-state index in [0.717, 1.165) is 37.3 Å². The number of anilines is 2. The normalized spacial score (nSPS) is 17.0. The van der Waals surface area contributed by atoms with Crippen molar-refractivity contribution in [1.82, 2.24) is 9.97 Å². The Morgan fingerprint density at radius 2 is 1.96 bits per heavy atom. The fourth-order valence-electron chi connectivity index (χ4n) is 2.84. The van der Waals surface area contributed by atoms with Gasteiger partial charge in [-0.15, -0.1) is 0 Å². The Morgan fingerprint density at radius 3 is 2.62 bits per heavy atom. The highest BCUT2D eigenvalue weighted by Crippen LogP contribution is 2.36. The fourth-order valence-corrected chi connectivity index (χ4v) is 3.23. The van der Waals surface area contributed by atoms with Crippen molar-refractivity contribution in [1.29, 1.82) is 0 Å². The molecular weight excluding hydrogens is 345 g/mol. The van der Waals surface area contributed by atoms with Crippen LogP contribution in [0.5, 0.6) is 0 Å². The third kappa shape index (κ3) is 3.43. The Bertz CT molecular complexity index is 738. The van der Waals surface area contributed by atoms with Crippen LogP contribution in [0, 0.1) is 0 Å². The minimum absolute atomic E-state index is 0.0932. The molecule has 1 aliphatic rings. The zero-order chi connectivity index (χ0) is 17.3. The molecule has 2 heterocycles. The summed E-state index contributed by atoms with van der Waals surface area (Å²) in [6.45, 7) is 3.85. The maximum absolute atomic E-state index is 6.32. The predicted molar refractivity (Wildman–Crippen MR) is 101 cm³/mol. The van der Waals surface area contributed by atoms with Crippen LogP contribution >= 0.6 is 23.2 Å². The monoisotopic (exact) mass is 365 g/mol. The zero-order valence-electron chi connectivity index (χ0n) is 13.8. The van der Waals surface area contributed by atoms with Crippen LogP contribution in [0.25, 0.3) is 11.3 Å². The van der Waals surface area contributed by atoms with E-state index in [9.17, 15) is 0 Å². The topological polar surface area (TPSA) is 67.1 Å². The summed E-state index contributed by atoms with van der Waals surface area (Å²) in [5.41, 5.74) is 7.56. The van der Waals surface area contributed by atoms with Gasteiger partial charge in [-0.05, 0) is 25.8 Å². The number of nitrogens with zero attached hydrogens (tertiary/aromatic N) is 3. The molecule has 0 unspecified atom stereocenters. The van der Waals surface area contributed by atoms with Gasteiger partial charge in [0.05, 0.1) is 16.2 Å². The van der Waals surface area contributed by atoms with Crippen LogP contribution in [0.15, 0.2) is 24.4 Å². The van der Waals surface area contributed by atoms with Crippen molar-refractivity contribution >= 4 is 34.8 Å². The summed E-state index contributed by atoms with van der Waals surface area (Å²) in [5.74, 6) is 1.52. The molecule has 1 saturated heterocycles. The lowest BCUT2D eigenvalue weighted by Crippen LogP contribution is -2.48. The molecule has 3 rings (SSSR count). The molecule has 5 nitrogen and oxygen atoms in total. The van der Waals surface area contributed by atoms with Gasteiger partial charge in [-0.3, -0.25) is 0 Å². The minimum atomic E-state index is -0.0932. The second-order valence-electron chi connectivity index (χ2n) is 6.42. The lowest BCUT2D eigenvalue weighted by Gasteiger charge is -2.37. The molecule has 0 spiro atoms. The molecule has 3 N–H and O–H groups in total. The summed E-state index contributed by atoms with van der Waals surface area (Å²) < 4.78 is 0. The molecule has 0 atom stereocenters. The van der Waals surface area contributed by atoms with E-state index in [0.29, 0.717) is 21.6 Å². The second-order valence-corrected chi connectivity index (χ2v) is 7.20. The molecule has 1 aliphatic heterocycles. The van der Waals surface area contributed by atoms with Gasteiger partial charge >= 0.3 is 0 Å². The molecule has 7 heteroatoms. The number of halogens is 2. The van der Waals surface area contributed by atoms with E-state index in [2.05, 4.69) is 22.1 Å². The number of aromatic nitrogens is 2. The summed E-state index contributed by atoms with van der Waals surface area (Å²) in [5, 5.41) is 4.09. The highest BCUT2D eigenvalue weighted by molar-refractivity contribution is 6.43. The SMILES string of the molecule is CNc1nc(N2CCC(C)(N)CC2)cnc1-c1cccc(Cl)c1Cl. The zero-order valence-corrected chi connectivity index (χ0v) is 15.3. The highest BCUT2D eigenvalue weighted by Gasteiger charge is 2.27. The van der Waals surface area contributed by atoms with Crippen molar-refractivity contribution in [2.75, 3.05) is 30.4 Å². The van der Waals surface area contributed by atoms with E-state index in [1.165, 1.54) is 0 Å². The van der Waals surface area contributed by atoms with Crippen molar-refractivity contribution < 1.29 is 0 Å². The third-order valence-electron chi connectivity index (χ3n) is 4.43. The Labute approximate surface area is 152 Å². The van der Waals surface area contributed by atoms with Gasteiger partial charge in [0.25, 0.3) is 0 Å². The molecule has 1 aromatic carbocycles. The van der Waals surface area contributed by atoms with Crippen LogP contribution in [-0.4, -0.2) is 35.6 Å². The average molecular weight is 366 g/mol. The molecule has 0 saturated carbocycles. The first-order chi connectivity index (χ1) is 11.4. The Kier molecular flexibility index (Phi) is 4.85. The van der Waals surface area contributed by atoms with Crippen molar-refractivity contribution in [2.45, 2.75) is 25.3 Å². The molecule has 0 radical (unpaired) electrons. The van der Waals surface area contributed by atoms with Crippen molar-refractivity contribution in [3.8, 4) is 11.3 Å². The van der Waals surface area contributed by atoms with Crippen LogP contribution in [-0.2, 0) is 0 Å². The first kappa shape index (κ1) is 17.3. The second kappa shape index (κ2) is 6.75. The molecule has 1 aromatic heterocycles. The summed E-state index contributed by atoms with van der Waals surface area (Å²) in [6, 6.07) is 5.50. The van der Waals surface area contributed by atoms with E-state index in [1.807, 2.05) is 19.2 Å². The predicted octanol–water partition coefficient (Wildman–Crippen LogP) is 3.81. The number of piperidine rings is 1. The van der Waals surface area contributed by atoms with Crippen LogP contribution in [0.3, 0.4) is 0 Å². The number of hydrogen-bond acceptors (Lipinski definition) is 5. The van der Waals surface area contributed by atoms with Crippen molar-refractivity contribution in [3.05, 3.63) is 34.4 Å². The Morgan fingerprint density at radius 1 is 1.25 bits per heavy atom. The lowest BCUT2D eigenvalue weighted by atomic mass is 9.91. The van der Waals surface area contributed by atoms with Crippen LogP contribution < -0.4 is 16.0 Å². The quantitative estimate of drug-likeness (QED) is 0.865. The van der Waals surface area contributed by atoms with Crippen molar-refractivity contribution in [3.63, 3.8) is 0 Å². The molecule has 0 aliphatic carbocycles. The van der Waals surface area contributed by atoms with Crippen molar-refractivity contribution in [2.24, 2.45) is 5.73 Å². The van der Waals surface area contributed by atoms with E-state index in [4.69, 9.17) is 33.9 Å². The number of nitrogens with one attached hydrogen (secondary N) is 1. The third-order valence-corrected chi connectivity index (χ3v) is 5.25. The van der Waals surface area contributed by atoms with E-state index in [1.54, 1.807) is 12.3 Å². The molecule has 2 aromatic rings. The van der Waals surface area contributed by atoms with Gasteiger partial charge in [-0.25, -0.2) is 9.97 Å². The van der Waals surface area contributed by atoms with Gasteiger partial charge in [-0.2, -0.15) is 0 Å². The van der Waals surface area contributed by atoms with Gasteiger partial charge in [0.15, 0.2) is 5.82 Å². The van der Waals surface area contributed by atoms with Gasteiger partial charge in [0, 0.05) is 31.2 Å². The number of benzene rings is 1. The number of nitrogens with two attached hydrogens (primary N) is 1. The molecule has 24 heavy (non-hydrogen) atoms. The van der Waals surface area contributed by atoms with E-state index < -0.39 is 0 Å². The van der Waals surface area contributed by atoms with E-state index >= 15 is 0 Å². The minimum Gasteiger partial charge on any atom is -0.371 e. The fraction of sp³-hybridized carbons (Fsp3) is 0.412. The molecule has 0 amide bonds. The highest BCUT2D eigenvalue weighted by atomic mass is 35.5. The van der Waals surface area contributed by atoms with Crippen LogP contribution in [0.4, 0.5) is 11.6 Å². The van der Waals surface area contributed by atoms with Gasteiger partial charge in [-0.1, -0.05) is 35.3 Å². The lowest BCUT2D eigenvalue weighted by molar-refractivity contribution is 0.363. The van der Waals surface area contributed by atoms with Gasteiger partial charge in [0.1, 0.15) is 11.5 Å². The van der Waals surface area contributed by atoms with Crippen LogP contribution in [0.1, 0.15) is 19.8 Å². The maximum atomic E-state index is 6.32. The smallest absolute Gasteiger partial charge is 0.154 e. The summed E-state index contributed by atoms with van der Waals surface area (Å²) >= 11 is 12.4. The first-order valence-corrected chi connectivity index (χ1v) is 8.70. The van der Waals surface area contributed by atoms with Crippen LogP contribution in [0.2, 0.25) is 10.0 Å². The van der Waals surface area contributed by atoms with E-state index in [-0.39, 0.29) is 5.54 Å². The average Bonchev–Trinajstić information content (AvgIpc) is 2.57. The summed E-state index contributed by atoms with van der Waals surface area (Å²) in [4.78, 5) is 11.5. The molecule has 1 fully saturated rings. The molecule has 128 valence electrons. The standard InChI is InChI=1S/C17H21Cl2N5/c1-17(20)6-8-24(9-7-17)13-10-22-15(16(21-2)23-13)11-4-3-5-12(18)14(11)19/h3-5,10H,6-9,20H2,1-2H3,(H,21,23). The van der Waals surface area contributed by atoms with Gasteiger partial charge in [0.2, 0.25) is 0 Å². The number of hydrogen-bond donors (Lipinski definition) is 2. The number of rotatable bonds is 3. The Balaban J connectivity index is 1.93. The van der Waals surface area contributed by atoms with Gasteiger partial charge < -0.3 is 16.0 Å².